The predicted octanol–water partition coefficient (Wildman–Crippen LogP) is 2.62. The van der Waals surface area contributed by atoms with Crippen LogP contribution >= 0.6 is 0 Å². The fraction of sp³-hybridized carbons (Fsp3) is 0.429. The van der Waals surface area contributed by atoms with E-state index in [9.17, 15) is 9.59 Å². The SMILES string of the molecule is CC(=O)OC(=O)Cc1ccc(C(C)(C)C)cc1. The zero-order chi connectivity index (χ0) is 13.1. The first kappa shape index (κ1) is 13.4. The third kappa shape index (κ3) is 4.39. The fourth-order valence-electron chi connectivity index (χ4n) is 1.49. The van der Waals surface area contributed by atoms with Crippen LogP contribution in [-0.4, -0.2) is 11.9 Å². The Hall–Kier alpha value is -1.64. The summed E-state index contributed by atoms with van der Waals surface area (Å²) in [6, 6.07) is 7.77. The summed E-state index contributed by atoms with van der Waals surface area (Å²) in [6.45, 7) is 7.62. The van der Waals surface area contributed by atoms with Crippen LogP contribution < -0.4 is 0 Å². The molecule has 0 N–H and O–H groups in total. The van der Waals surface area contributed by atoms with Gasteiger partial charge in [-0.1, -0.05) is 45.0 Å². The Morgan fingerprint density at radius 3 is 2.06 bits per heavy atom. The Morgan fingerprint density at radius 1 is 1.12 bits per heavy atom. The average Bonchev–Trinajstić information content (AvgIpc) is 2.15. The molecule has 3 nitrogen and oxygen atoms in total. The van der Waals surface area contributed by atoms with Crippen LogP contribution in [0, 0.1) is 0 Å². The van der Waals surface area contributed by atoms with Gasteiger partial charge in [-0.05, 0) is 16.5 Å². The van der Waals surface area contributed by atoms with E-state index < -0.39 is 11.9 Å². The molecule has 0 aromatic heterocycles. The Kier molecular flexibility index (Phi) is 4.05. The Labute approximate surface area is 102 Å². The summed E-state index contributed by atoms with van der Waals surface area (Å²) in [5, 5.41) is 0. The van der Waals surface area contributed by atoms with Crippen molar-refractivity contribution in [3.05, 3.63) is 35.4 Å². The molecule has 0 heterocycles. The van der Waals surface area contributed by atoms with Gasteiger partial charge in [0.15, 0.2) is 0 Å². The Bertz CT molecular complexity index is 410. The van der Waals surface area contributed by atoms with E-state index in [-0.39, 0.29) is 11.8 Å². The van der Waals surface area contributed by atoms with Gasteiger partial charge in [-0.25, -0.2) is 0 Å². The summed E-state index contributed by atoms with van der Waals surface area (Å²) >= 11 is 0. The lowest BCUT2D eigenvalue weighted by atomic mass is 9.86. The number of carbonyl (C=O) groups excluding carboxylic acids is 2. The van der Waals surface area contributed by atoms with E-state index in [4.69, 9.17) is 0 Å². The zero-order valence-electron chi connectivity index (χ0n) is 10.7. The fourth-order valence-corrected chi connectivity index (χ4v) is 1.49. The summed E-state index contributed by atoms with van der Waals surface area (Å²) in [5.41, 5.74) is 2.16. The number of ether oxygens (including phenoxy) is 1. The number of hydrogen-bond acceptors (Lipinski definition) is 3. The van der Waals surface area contributed by atoms with Gasteiger partial charge in [0.05, 0.1) is 6.42 Å². The second-order valence-corrected chi connectivity index (χ2v) is 5.09. The van der Waals surface area contributed by atoms with Crippen LogP contribution in [0.25, 0.3) is 0 Å². The van der Waals surface area contributed by atoms with Gasteiger partial charge in [0, 0.05) is 6.92 Å². The van der Waals surface area contributed by atoms with Gasteiger partial charge in [-0.3, -0.25) is 9.59 Å². The Morgan fingerprint density at radius 2 is 1.65 bits per heavy atom. The molecule has 0 saturated carbocycles. The molecule has 1 aromatic carbocycles. The normalized spacial score (nSPS) is 11.1. The van der Waals surface area contributed by atoms with Crippen molar-refractivity contribution in [3.8, 4) is 0 Å². The molecule has 0 aliphatic rings. The van der Waals surface area contributed by atoms with Gasteiger partial charge < -0.3 is 4.74 Å². The number of benzene rings is 1. The van der Waals surface area contributed by atoms with Gasteiger partial charge in [0.25, 0.3) is 0 Å². The van der Waals surface area contributed by atoms with Crippen molar-refractivity contribution in [1.29, 1.82) is 0 Å². The van der Waals surface area contributed by atoms with Crippen molar-refractivity contribution in [3.63, 3.8) is 0 Å². The second kappa shape index (κ2) is 5.13. The molecule has 1 rings (SSSR count). The number of esters is 2. The Balaban J connectivity index is 2.69. The zero-order valence-corrected chi connectivity index (χ0v) is 10.7. The highest BCUT2D eigenvalue weighted by molar-refractivity contribution is 5.85. The van der Waals surface area contributed by atoms with Crippen molar-refractivity contribution in [2.24, 2.45) is 0 Å². The lowest BCUT2D eigenvalue weighted by Gasteiger charge is -2.19. The van der Waals surface area contributed by atoms with Crippen LogP contribution in [0.4, 0.5) is 0 Å². The maximum atomic E-state index is 11.3. The number of carbonyl (C=O) groups is 2. The van der Waals surface area contributed by atoms with Crippen LogP contribution in [-0.2, 0) is 26.2 Å². The molecular formula is C14H18O3. The first-order valence-electron chi connectivity index (χ1n) is 5.59. The van der Waals surface area contributed by atoms with Crippen LogP contribution in [0.1, 0.15) is 38.8 Å². The molecule has 0 amide bonds. The minimum Gasteiger partial charge on any atom is -0.393 e. The quantitative estimate of drug-likeness (QED) is 0.583. The standard InChI is InChI=1S/C14H18O3/c1-10(15)17-13(16)9-11-5-7-12(8-6-11)14(2,3)4/h5-8H,9H2,1-4H3. The minimum absolute atomic E-state index is 0.0957. The van der Waals surface area contributed by atoms with Crippen molar-refractivity contribution >= 4 is 11.9 Å². The minimum atomic E-state index is -0.568. The van der Waals surface area contributed by atoms with E-state index in [2.05, 4.69) is 25.5 Å². The lowest BCUT2D eigenvalue weighted by Crippen LogP contribution is -2.13. The third-order valence-corrected chi connectivity index (χ3v) is 2.43. The molecule has 0 spiro atoms. The van der Waals surface area contributed by atoms with Crippen molar-refractivity contribution in [2.45, 2.75) is 39.5 Å². The van der Waals surface area contributed by atoms with Crippen molar-refractivity contribution in [2.75, 3.05) is 0 Å². The van der Waals surface area contributed by atoms with Crippen molar-refractivity contribution in [1.82, 2.24) is 0 Å². The summed E-state index contributed by atoms with van der Waals surface area (Å²) in [5.74, 6) is -1.08. The molecule has 92 valence electrons. The highest BCUT2D eigenvalue weighted by atomic mass is 16.6. The van der Waals surface area contributed by atoms with Gasteiger partial charge in [0.1, 0.15) is 0 Å². The maximum Gasteiger partial charge on any atom is 0.317 e. The maximum absolute atomic E-state index is 11.3. The van der Waals surface area contributed by atoms with E-state index >= 15 is 0 Å². The molecule has 0 atom stereocenters. The topological polar surface area (TPSA) is 43.4 Å². The van der Waals surface area contributed by atoms with E-state index in [0.717, 1.165) is 5.56 Å². The molecule has 0 saturated heterocycles. The van der Waals surface area contributed by atoms with Crippen LogP contribution in [0.3, 0.4) is 0 Å². The largest absolute Gasteiger partial charge is 0.393 e. The number of hydrogen-bond donors (Lipinski definition) is 0. The predicted molar refractivity (Wildman–Crippen MR) is 65.6 cm³/mol. The van der Waals surface area contributed by atoms with Gasteiger partial charge >= 0.3 is 11.9 Å². The monoisotopic (exact) mass is 234 g/mol. The first-order chi connectivity index (χ1) is 7.79. The second-order valence-electron chi connectivity index (χ2n) is 5.09. The van der Waals surface area contributed by atoms with Gasteiger partial charge in [0.2, 0.25) is 0 Å². The van der Waals surface area contributed by atoms with E-state index in [1.807, 2.05) is 24.3 Å². The molecule has 0 bridgehead atoms. The first-order valence-corrected chi connectivity index (χ1v) is 5.59. The van der Waals surface area contributed by atoms with Crippen LogP contribution in [0.2, 0.25) is 0 Å². The molecular weight excluding hydrogens is 216 g/mol. The highest BCUT2D eigenvalue weighted by Gasteiger charge is 2.13. The van der Waals surface area contributed by atoms with Crippen LogP contribution in [0.5, 0.6) is 0 Å². The average molecular weight is 234 g/mol. The van der Waals surface area contributed by atoms with Crippen molar-refractivity contribution < 1.29 is 14.3 Å². The van der Waals surface area contributed by atoms with E-state index in [1.165, 1.54) is 12.5 Å². The summed E-state index contributed by atoms with van der Waals surface area (Å²) in [4.78, 5) is 21.8. The highest BCUT2D eigenvalue weighted by Crippen LogP contribution is 2.22. The molecule has 0 radical (unpaired) electrons. The molecule has 3 heteroatoms. The summed E-state index contributed by atoms with van der Waals surface area (Å²) in [7, 11) is 0. The smallest absolute Gasteiger partial charge is 0.317 e. The van der Waals surface area contributed by atoms with E-state index in [0.29, 0.717) is 0 Å². The van der Waals surface area contributed by atoms with Gasteiger partial charge in [-0.15, -0.1) is 0 Å². The van der Waals surface area contributed by atoms with E-state index in [1.54, 1.807) is 0 Å². The molecule has 1 aromatic rings. The summed E-state index contributed by atoms with van der Waals surface area (Å²) < 4.78 is 4.47. The van der Waals surface area contributed by atoms with Gasteiger partial charge in [-0.2, -0.15) is 0 Å². The molecule has 0 aliphatic heterocycles. The molecule has 17 heavy (non-hydrogen) atoms. The van der Waals surface area contributed by atoms with Crippen LogP contribution in [0.15, 0.2) is 24.3 Å². The molecule has 0 aliphatic carbocycles. The lowest BCUT2D eigenvalue weighted by molar-refractivity contribution is -0.157. The number of rotatable bonds is 2. The molecule has 0 fully saturated rings. The third-order valence-electron chi connectivity index (χ3n) is 2.43. The summed E-state index contributed by atoms with van der Waals surface area (Å²) in [6.07, 6.45) is 0.129. The molecule has 0 unspecified atom stereocenters.